The van der Waals surface area contributed by atoms with Crippen molar-refractivity contribution in [2.45, 2.75) is 58.4 Å². The molecule has 0 spiro atoms. The third-order valence-electron chi connectivity index (χ3n) is 3.63. The average molecular weight is 250 g/mol. The zero-order valence-electron chi connectivity index (χ0n) is 11.4. The molecule has 1 atom stereocenters. The largest absolute Gasteiger partial charge is 0.370 e. The molecule has 0 radical (unpaired) electrons. The number of pyridine rings is 1. The highest BCUT2D eigenvalue weighted by Crippen LogP contribution is 2.30. The summed E-state index contributed by atoms with van der Waals surface area (Å²) in [7, 11) is 0. The van der Waals surface area contributed by atoms with Gasteiger partial charge in [-0.3, -0.25) is 4.79 Å². The van der Waals surface area contributed by atoms with Gasteiger partial charge in [-0.05, 0) is 39.7 Å². The van der Waals surface area contributed by atoms with Gasteiger partial charge in [0, 0.05) is 17.8 Å². The second-order valence-electron chi connectivity index (χ2n) is 5.66. The molecule has 2 N–H and O–H groups in total. The molecule has 4 heteroatoms. The lowest BCUT2D eigenvalue weighted by atomic mass is 10.1. The maximum Gasteiger partial charge on any atom is 0.255 e. The van der Waals surface area contributed by atoms with Gasteiger partial charge in [0.25, 0.3) is 5.56 Å². The van der Waals surface area contributed by atoms with Gasteiger partial charge in [-0.25, -0.2) is 0 Å². The molecule has 1 fully saturated rings. The summed E-state index contributed by atoms with van der Waals surface area (Å²) in [6, 6.07) is 3.76. The van der Waals surface area contributed by atoms with Gasteiger partial charge >= 0.3 is 0 Å². The summed E-state index contributed by atoms with van der Waals surface area (Å²) >= 11 is 0. The molecular formula is C14H22N2O2. The number of nitrogens with zero attached hydrogens (tertiary/aromatic N) is 1. The van der Waals surface area contributed by atoms with Crippen LogP contribution in [0, 0.1) is 6.92 Å². The Bertz CT molecular complexity index is 491. The molecule has 2 rings (SSSR count). The molecule has 1 aromatic rings. The first-order chi connectivity index (χ1) is 8.43. The quantitative estimate of drug-likeness (QED) is 0.886. The zero-order valence-corrected chi connectivity index (χ0v) is 11.4. The van der Waals surface area contributed by atoms with Gasteiger partial charge in [-0.2, -0.15) is 0 Å². The molecule has 18 heavy (non-hydrogen) atoms. The highest BCUT2D eigenvalue weighted by atomic mass is 16.5. The lowest BCUT2D eigenvalue weighted by Crippen LogP contribution is -2.32. The molecule has 4 nitrogen and oxygen atoms in total. The normalized spacial score (nSPS) is 22.3. The Morgan fingerprint density at radius 1 is 1.50 bits per heavy atom. The van der Waals surface area contributed by atoms with Crippen molar-refractivity contribution in [2.24, 2.45) is 5.73 Å². The van der Waals surface area contributed by atoms with Crippen LogP contribution in [0.5, 0.6) is 0 Å². The number of rotatable bonds is 3. The van der Waals surface area contributed by atoms with Crippen LogP contribution in [0.2, 0.25) is 0 Å². The van der Waals surface area contributed by atoms with E-state index >= 15 is 0 Å². The van der Waals surface area contributed by atoms with Crippen molar-refractivity contribution in [1.29, 1.82) is 0 Å². The van der Waals surface area contributed by atoms with Gasteiger partial charge in [-0.15, -0.1) is 0 Å². The van der Waals surface area contributed by atoms with E-state index in [1.807, 2.05) is 19.1 Å². The van der Waals surface area contributed by atoms with Gasteiger partial charge in [0.2, 0.25) is 0 Å². The molecule has 1 saturated heterocycles. The highest BCUT2D eigenvalue weighted by Gasteiger charge is 2.32. The second kappa shape index (κ2) is 4.86. The van der Waals surface area contributed by atoms with E-state index in [4.69, 9.17) is 10.5 Å². The summed E-state index contributed by atoms with van der Waals surface area (Å²) in [5.41, 5.74) is 7.16. The average Bonchev–Trinajstić information content (AvgIpc) is 2.64. The van der Waals surface area contributed by atoms with Gasteiger partial charge < -0.3 is 15.0 Å². The predicted molar refractivity (Wildman–Crippen MR) is 71.5 cm³/mol. The molecule has 0 saturated carbocycles. The molecule has 0 amide bonds. The molecule has 1 unspecified atom stereocenters. The predicted octanol–water partition coefficient (Wildman–Crippen LogP) is 1.57. The summed E-state index contributed by atoms with van der Waals surface area (Å²) in [5, 5.41) is 0. The molecule has 1 aliphatic rings. The Labute approximate surface area is 108 Å². The van der Waals surface area contributed by atoms with E-state index in [0.717, 1.165) is 18.5 Å². The molecule has 0 aliphatic carbocycles. The van der Waals surface area contributed by atoms with Gasteiger partial charge in [0.15, 0.2) is 0 Å². The van der Waals surface area contributed by atoms with Crippen molar-refractivity contribution in [1.82, 2.24) is 4.57 Å². The van der Waals surface area contributed by atoms with Crippen molar-refractivity contribution < 1.29 is 4.74 Å². The summed E-state index contributed by atoms with van der Waals surface area (Å²) in [4.78, 5) is 12.2. The lowest BCUT2D eigenvalue weighted by Gasteiger charge is -2.21. The lowest BCUT2D eigenvalue weighted by molar-refractivity contribution is -0.0222. The summed E-state index contributed by atoms with van der Waals surface area (Å²) in [6.45, 7) is 7.05. The van der Waals surface area contributed by atoms with Crippen molar-refractivity contribution in [3.63, 3.8) is 0 Å². The van der Waals surface area contributed by atoms with Crippen LogP contribution in [0.1, 0.15) is 37.9 Å². The SMILES string of the molecule is Cc1ccc(CN)c(=O)n1CC1CCC(C)(C)O1. The monoisotopic (exact) mass is 250 g/mol. The van der Waals surface area contributed by atoms with E-state index in [1.165, 1.54) is 0 Å². The molecule has 1 aromatic heterocycles. The van der Waals surface area contributed by atoms with Crippen LogP contribution >= 0.6 is 0 Å². The van der Waals surface area contributed by atoms with Gasteiger partial charge in [0.05, 0.1) is 18.2 Å². The Balaban J connectivity index is 2.22. The molecule has 0 bridgehead atoms. The van der Waals surface area contributed by atoms with Crippen molar-refractivity contribution in [2.75, 3.05) is 0 Å². The second-order valence-corrected chi connectivity index (χ2v) is 5.66. The number of ether oxygens (including phenoxy) is 1. The first kappa shape index (κ1) is 13.3. The molecule has 0 aromatic carbocycles. The highest BCUT2D eigenvalue weighted by molar-refractivity contribution is 5.15. The first-order valence-corrected chi connectivity index (χ1v) is 6.50. The maximum atomic E-state index is 12.2. The van der Waals surface area contributed by atoms with Crippen LogP contribution < -0.4 is 11.3 Å². The molecule has 100 valence electrons. The number of aryl methyl sites for hydroxylation is 1. The van der Waals surface area contributed by atoms with Gasteiger partial charge in [0.1, 0.15) is 0 Å². The minimum Gasteiger partial charge on any atom is -0.370 e. The topological polar surface area (TPSA) is 57.2 Å². The van der Waals surface area contributed by atoms with E-state index in [-0.39, 0.29) is 23.8 Å². The fraction of sp³-hybridized carbons (Fsp3) is 0.643. The van der Waals surface area contributed by atoms with Crippen LogP contribution in [0.25, 0.3) is 0 Å². The van der Waals surface area contributed by atoms with E-state index in [2.05, 4.69) is 13.8 Å². The maximum absolute atomic E-state index is 12.2. The van der Waals surface area contributed by atoms with Crippen LogP contribution in [-0.4, -0.2) is 16.3 Å². The standard InChI is InChI=1S/C14H22N2O2/c1-10-4-5-11(8-15)13(17)16(10)9-12-6-7-14(2,3)18-12/h4-5,12H,6-9,15H2,1-3H3. The van der Waals surface area contributed by atoms with Crippen molar-refractivity contribution in [3.05, 3.63) is 33.7 Å². The fourth-order valence-electron chi connectivity index (χ4n) is 2.51. The van der Waals surface area contributed by atoms with E-state index in [0.29, 0.717) is 12.1 Å². The van der Waals surface area contributed by atoms with E-state index in [9.17, 15) is 4.79 Å². The van der Waals surface area contributed by atoms with E-state index in [1.54, 1.807) is 4.57 Å². The Morgan fingerprint density at radius 3 is 2.78 bits per heavy atom. The Morgan fingerprint density at radius 2 is 2.22 bits per heavy atom. The molecular weight excluding hydrogens is 228 g/mol. The number of nitrogens with two attached hydrogens (primary N) is 1. The smallest absolute Gasteiger partial charge is 0.255 e. The van der Waals surface area contributed by atoms with Crippen LogP contribution in [0.4, 0.5) is 0 Å². The van der Waals surface area contributed by atoms with Gasteiger partial charge in [-0.1, -0.05) is 6.07 Å². The Hall–Kier alpha value is -1.13. The third-order valence-corrected chi connectivity index (χ3v) is 3.63. The summed E-state index contributed by atoms with van der Waals surface area (Å²) in [5.74, 6) is 0. The van der Waals surface area contributed by atoms with Crippen LogP contribution in [-0.2, 0) is 17.8 Å². The zero-order chi connectivity index (χ0) is 13.3. The third kappa shape index (κ3) is 2.65. The fourth-order valence-corrected chi connectivity index (χ4v) is 2.51. The van der Waals surface area contributed by atoms with Crippen molar-refractivity contribution in [3.8, 4) is 0 Å². The Kier molecular flexibility index (Phi) is 3.59. The minimum absolute atomic E-state index is 0.0193. The van der Waals surface area contributed by atoms with Crippen molar-refractivity contribution >= 4 is 0 Å². The van der Waals surface area contributed by atoms with Crippen LogP contribution in [0.3, 0.4) is 0 Å². The molecule has 2 heterocycles. The number of aromatic nitrogens is 1. The molecule has 1 aliphatic heterocycles. The first-order valence-electron chi connectivity index (χ1n) is 6.50. The minimum atomic E-state index is -0.0618. The summed E-state index contributed by atoms with van der Waals surface area (Å²) < 4.78 is 7.73. The number of hydrogen-bond donors (Lipinski definition) is 1. The van der Waals surface area contributed by atoms with Crippen LogP contribution in [0.15, 0.2) is 16.9 Å². The summed E-state index contributed by atoms with van der Waals surface area (Å²) in [6.07, 6.45) is 2.18. The number of hydrogen-bond acceptors (Lipinski definition) is 3. The van der Waals surface area contributed by atoms with E-state index < -0.39 is 0 Å².